The highest BCUT2D eigenvalue weighted by molar-refractivity contribution is 14.0. The van der Waals surface area contributed by atoms with Crippen molar-refractivity contribution < 1.29 is 4.74 Å². The van der Waals surface area contributed by atoms with Gasteiger partial charge in [0.2, 0.25) is 0 Å². The van der Waals surface area contributed by atoms with Gasteiger partial charge in [-0.25, -0.2) is 4.99 Å². The summed E-state index contributed by atoms with van der Waals surface area (Å²) in [6, 6.07) is 10.4. The molecule has 3 rings (SSSR count). The average Bonchev–Trinajstić information content (AvgIpc) is 2.98. The number of hydrogen-bond acceptors (Lipinski definition) is 3. The van der Waals surface area contributed by atoms with E-state index in [1.54, 1.807) is 0 Å². The molecular formula is C21H30Cl2IN5O. The first-order valence-electron chi connectivity index (χ1n) is 9.97. The molecule has 0 bridgehead atoms. The molecule has 0 saturated carbocycles. The highest BCUT2D eigenvalue weighted by Crippen LogP contribution is 2.24. The zero-order valence-electron chi connectivity index (χ0n) is 17.5. The van der Waals surface area contributed by atoms with Crippen LogP contribution in [0.4, 0.5) is 0 Å². The molecule has 9 heteroatoms. The molecule has 1 aliphatic heterocycles. The van der Waals surface area contributed by atoms with Gasteiger partial charge in [-0.2, -0.15) is 0 Å². The van der Waals surface area contributed by atoms with E-state index in [1.165, 1.54) is 11.1 Å². The van der Waals surface area contributed by atoms with Crippen LogP contribution in [0.25, 0.3) is 0 Å². The van der Waals surface area contributed by atoms with Crippen LogP contribution in [0, 0.1) is 0 Å². The molecule has 0 radical (unpaired) electrons. The molecule has 1 aromatic heterocycles. The number of aliphatic imine (C=N–C) groups is 1. The maximum atomic E-state index is 6.16. The zero-order valence-corrected chi connectivity index (χ0v) is 21.3. The van der Waals surface area contributed by atoms with Crippen molar-refractivity contribution in [1.82, 2.24) is 20.1 Å². The number of nitrogens with one attached hydrogen (secondary N) is 2. The van der Waals surface area contributed by atoms with Crippen LogP contribution in [0.2, 0.25) is 10.2 Å². The van der Waals surface area contributed by atoms with E-state index in [0.29, 0.717) is 23.3 Å². The number of benzene rings is 1. The lowest BCUT2D eigenvalue weighted by Gasteiger charge is -2.27. The number of aromatic nitrogens is 1. The molecule has 0 spiro atoms. The molecule has 166 valence electrons. The molecule has 0 atom stereocenters. The second kappa shape index (κ2) is 12.8. The van der Waals surface area contributed by atoms with Crippen LogP contribution in [0.3, 0.4) is 0 Å². The number of nitrogens with zero attached hydrogens (tertiary/aromatic N) is 3. The molecular weight excluding hydrogens is 536 g/mol. The van der Waals surface area contributed by atoms with E-state index in [9.17, 15) is 0 Å². The van der Waals surface area contributed by atoms with E-state index >= 15 is 0 Å². The van der Waals surface area contributed by atoms with Gasteiger partial charge in [-0.1, -0.05) is 47.5 Å². The largest absolute Gasteiger partial charge is 0.379 e. The van der Waals surface area contributed by atoms with Gasteiger partial charge >= 0.3 is 0 Å². The molecule has 1 fully saturated rings. The number of guanidine groups is 1. The fraction of sp³-hybridized carbons (Fsp3) is 0.476. The van der Waals surface area contributed by atoms with Crippen molar-refractivity contribution in [3.05, 3.63) is 57.3 Å². The molecule has 6 nitrogen and oxygen atoms in total. The predicted molar refractivity (Wildman–Crippen MR) is 135 cm³/mol. The molecule has 0 aliphatic carbocycles. The second-order valence-corrected chi connectivity index (χ2v) is 7.80. The van der Waals surface area contributed by atoms with Gasteiger partial charge in [0.15, 0.2) is 5.96 Å². The fourth-order valence-electron chi connectivity index (χ4n) is 3.31. The Morgan fingerprint density at radius 2 is 1.83 bits per heavy atom. The molecule has 2 aromatic rings. The van der Waals surface area contributed by atoms with Crippen molar-refractivity contribution >= 4 is 53.1 Å². The number of hydrogen-bond donors (Lipinski definition) is 2. The van der Waals surface area contributed by atoms with E-state index in [2.05, 4.69) is 46.7 Å². The first-order chi connectivity index (χ1) is 14.1. The molecule has 1 saturated heterocycles. The summed E-state index contributed by atoms with van der Waals surface area (Å²) in [7, 11) is 1.90. The topological polar surface area (TPSA) is 53.8 Å². The van der Waals surface area contributed by atoms with Crippen molar-refractivity contribution in [1.29, 1.82) is 0 Å². The van der Waals surface area contributed by atoms with Crippen molar-refractivity contribution in [2.75, 3.05) is 32.8 Å². The summed E-state index contributed by atoms with van der Waals surface area (Å²) < 4.78 is 7.33. The molecule has 2 N–H and O–H groups in total. The Kier molecular flexibility index (Phi) is 10.7. The quantitative estimate of drug-likeness (QED) is 0.302. The summed E-state index contributed by atoms with van der Waals surface area (Å²) in [5.74, 6) is 0.766. The van der Waals surface area contributed by atoms with E-state index in [-0.39, 0.29) is 24.0 Å². The van der Waals surface area contributed by atoms with Crippen LogP contribution in [-0.4, -0.2) is 48.3 Å². The van der Waals surface area contributed by atoms with E-state index < -0.39 is 0 Å². The lowest BCUT2D eigenvalue weighted by molar-refractivity contribution is 0.0341. The van der Waals surface area contributed by atoms with Crippen LogP contribution < -0.4 is 10.6 Å². The molecule has 0 amide bonds. The highest BCUT2D eigenvalue weighted by Gasteiger charge is 2.13. The van der Waals surface area contributed by atoms with Gasteiger partial charge in [0.05, 0.1) is 31.3 Å². The number of ether oxygens (including phenoxy) is 1. The van der Waals surface area contributed by atoms with E-state index in [1.807, 2.05) is 17.7 Å². The summed E-state index contributed by atoms with van der Waals surface area (Å²) in [6.07, 6.45) is 0. The monoisotopic (exact) mass is 565 g/mol. The van der Waals surface area contributed by atoms with Gasteiger partial charge in [0.1, 0.15) is 5.15 Å². The van der Waals surface area contributed by atoms with Crippen molar-refractivity contribution in [3.63, 3.8) is 0 Å². The van der Waals surface area contributed by atoms with Crippen LogP contribution in [0.5, 0.6) is 0 Å². The standard InChI is InChI=1S/C21H29Cl2N5O.HI/c1-3-24-21(26-14-18-12-19(22)20(23)27(18)2)25-13-16-6-4-5-7-17(16)15-28-8-10-29-11-9-28;/h4-7,12H,3,8-11,13-15H2,1-2H3,(H2,24,25,26);1H. The van der Waals surface area contributed by atoms with Crippen molar-refractivity contribution in [2.24, 2.45) is 12.0 Å². The summed E-state index contributed by atoms with van der Waals surface area (Å²) in [6.45, 7) is 8.54. The lowest BCUT2D eigenvalue weighted by Crippen LogP contribution is -2.37. The third-order valence-corrected chi connectivity index (χ3v) is 5.86. The Balaban J connectivity index is 0.00000320. The van der Waals surface area contributed by atoms with Gasteiger partial charge in [0.25, 0.3) is 0 Å². The first kappa shape index (κ1) is 25.3. The Hall–Kier alpha value is -1.000. The summed E-state index contributed by atoms with van der Waals surface area (Å²) in [5, 5.41) is 7.77. The second-order valence-electron chi connectivity index (χ2n) is 7.04. The third kappa shape index (κ3) is 7.02. The summed E-state index contributed by atoms with van der Waals surface area (Å²) in [5.41, 5.74) is 3.55. The third-order valence-electron chi connectivity index (χ3n) is 5.02. The van der Waals surface area contributed by atoms with Gasteiger partial charge in [0, 0.05) is 38.9 Å². The normalized spacial score (nSPS) is 15.0. The lowest BCUT2D eigenvalue weighted by atomic mass is 10.1. The maximum Gasteiger partial charge on any atom is 0.191 e. The smallest absolute Gasteiger partial charge is 0.191 e. The Morgan fingerprint density at radius 1 is 1.13 bits per heavy atom. The minimum atomic E-state index is 0. The molecule has 0 unspecified atom stereocenters. The number of rotatable bonds is 7. The van der Waals surface area contributed by atoms with E-state index in [4.69, 9.17) is 32.9 Å². The zero-order chi connectivity index (χ0) is 20.6. The van der Waals surface area contributed by atoms with Gasteiger partial charge < -0.3 is 19.9 Å². The predicted octanol–water partition coefficient (Wildman–Crippen LogP) is 4.04. The molecule has 1 aromatic carbocycles. The van der Waals surface area contributed by atoms with Crippen LogP contribution in [0.15, 0.2) is 35.3 Å². The Bertz CT molecular complexity index is 837. The fourth-order valence-corrected chi connectivity index (χ4v) is 3.72. The molecule has 2 heterocycles. The minimum Gasteiger partial charge on any atom is -0.379 e. The van der Waals surface area contributed by atoms with Crippen molar-refractivity contribution in [2.45, 2.75) is 26.6 Å². The number of halogens is 3. The van der Waals surface area contributed by atoms with Crippen LogP contribution in [0.1, 0.15) is 23.7 Å². The van der Waals surface area contributed by atoms with Crippen LogP contribution >= 0.6 is 47.2 Å². The first-order valence-corrected chi connectivity index (χ1v) is 10.7. The van der Waals surface area contributed by atoms with Gasteiger partial charge in [-0.15, -0.1) is 24.0 Å². The average molecular weight is 566 g/mol. The van der Waals surface area contributed by atoms with Crippen LogP contribution in [-0.2, 0) is 31.4 Å². The van der Waals surface area contributed by atoms with Crippen molar-refractivity contribution in [3.8, 4) is 0 Å². The summed E-state index contributed by atoms with van der Waals surface area (Å²) in [4.78, 5) is 7.22. The molecule has 1 aliphatic rings. The van der Waals surface area contributed by atoms with E-state index in [0.717, 1.165) is 51.0 Å². The summed E-state index contributed by atoms with van der Waals surface area (Å²) >= 11 is 12.3. The van der Waals surface area contributed by atoms with Gasteiger partial charge in [-0.05, 0) is 24.1 Å². The maximum absolute atomic E-state index is 6.16. The highest BCUT2D eigenvalue weighted by atomic mass is 127. The minimum absolute atomic E-state index is 0. The van der Waals surface area contributed by atoms with Gasteiger partial charge in [-0.3, -0.25) is 4.90 Å². The Morgan fingerprint density at radius 3 is 2.47 bits per heavy atom. The number of morpholine rings is 1. The molecule has 30 heavy (non-hydrogen) atoms. The Labute approximate surface area is 206 Å². The SMILES string of the molecule is CCNC(=NCc1ccccc1CN1CCOCC1)NCc1cc(Cl)c(Cl)n1C.I.